The van der Waals surface area contributed by atoms with Gasteiger partial charge >= 0.3 is 0 Å². The van der Waals surface area contributed by atoms with E-state index in [-0.39, 0.29) is 23.7 Å². The van der Waals surface area contributed by atoms with Crippen molar-refractivity contribution in [3.8, 4) is 0 Å². The van der Waals surface area contributed by atoms with Crippen LogP contribution in [0.15, 0.2) is 22.7 Å². The molecule has 1 atom stereocenters. The number of benzene rings is 1. The van der Waals surface area contributed by atoms with Crippen molar-refractivity contribution in [2.24, 2.45) is 0 Å². The fourth-order valence-electron chi connectivity index (χ4n) is 2.50. The van der Waals surface area contributed by atoms with Crippen molar-refractivity contribution in [2.75, 3.05) is 11.4 Å². The molecule has 1 unspecified atom stereocenters. The zero-order chi connectivity index (χ0) is 15.6. The minimum absolute atomic E-state index is 0.0217. The predicted molar refractivity (Wildman–Crippen MR) is 84.4 cm³/mol. The number of amides is 1. The highest BCUT2D eigenvalue weighted by Gasteiger charge is 2.30. The van der Waals surface area contributed by atoms with E-state index < -0.39 is 4.92 Å². The maximum absolute atomic E-state index is 12.5. The molecule has 1 saturated heterocycles. The molecule has 114 valence electrons. The number of rotatable bonds is 4. The molecule has 0 radical (unpaired) electrons. The van der Waals surface area contributed by atoms with Crippen molar-refractivity contribution < 1.29 is 9.72 Å². The Bertz CT molecular complexity index is 562. The number of hydrogen-bond acceptors (Lipinski definition) is 4. The van der Waals surface area contributed by atoms with E-state index in [9.17, 15) is 14.9 Å². The van der Waals surface area contributed by atoms with E-state index in [1.165, 1.54) is 6.07 Å². The second-order valence-electron chi connectivity index (χ2n) is 5.40. The first-order valence-corrected chi connectivity index (χ1v) is 7.71. The lowest BCUT2D eigenvalue weighted by molar-refractivity contribution is -0.385. The first-order chi connectivity index (χ1) is 9.90. The Labute approximate surface area is 131 Å². The van der Waals surface area contributed by atoms with Crippen LogP contribution in [0.5, 0.6) is 0 Å². The average molecular weight is 356 g/mol. The van der Waals surface area contributed by atoms with Gasteiger partial charge in [-0.05, 0) is 40.9 Å². The first-order valence-electron chi connectivity index (χ1n) is 6.91. The second kappa shape index (κ2) is 6.53. The first kappa shape index (κ1) is 15.9. The Morgan fingerprint density at radius 3 is 2.81 bits per heavy atom. The highest BCUT2D eigenvalue weighted by molar-refractivity contribution is 9.10. The predicted octanol–water partition coefficient (Wildman–Crippen LogP) is 2.85. The van der Waals surface area contributed by atoms with Gasteiger partial charge in [-0.15, -0.1) is 0 Å². The number of nitrogens with one attached hydrogen (secondary N) is 1. The molecule has 7 heteroatoms. The zero-order valence-corrected chi connectivity index (χ0v) is 13.6. The largest absolute Gasteiger partial charge is 0.311 e. The monoisotopic (exact) mass is 355 g/mol. The number of nitrogens with zero attached hydrogens (tertiary/aromatic N) is 2. The molecule has 1 fully saturated rings. The summed E-state index contributed by atoms with van der Waals surface area (Å²) in [5.41, 5.74) is 0.546. The summed E-state index contributed by atoms with van der Waals surface area (Å²) < 4.78 is 0.414. The third-order valence-electron chi connectivity index (χ3n) is 3.41. The Morgan fingerprint density at radius 2 is 2.19 bits per heavy atom. The van der Waals surface area contributed by atoms with Crippen LogP contribution in [-0.4, -0.2) is 29.5 Å². The number of nitro groups is 1. The van der Waals surface area contributed by atoms with Crippen molar-refractivity contribution in [3.05, 3.63) is 32.8 Å². The van der Waals surface area contributed by atoms with Gasteiger partial charge in [0.1, 0.15) is 0 Å². The van der Waals surface area contributed by atoms with Crippen molar-refractivity contribution in [3.63, 3.8) is 0 Å². The molecular formula is C14H18BrN3O3. The summed E-state index contributed by atoms with van der Waals surface area (Å²) in [5, 5.41) is 14.3. The van der Waals surface area contributed by atoms with Crippen LogP contribution >= 0.6 is 15.9 Å². The van der Waals surface area contributed by atoms with Crippen LogP contribution < -0.4 is 10.2 Å². The lowest BCUT2D eigenvalue weighted by Crippen LogP contribution is -2.52. The number of carbonyl (C=O) groups excluding carboxylic acids is 1. The van der Waals surface area contributed by atoms with Gasteiger partial charge in [-0.3, -0.25) is 14.9 Å². The fraction of sp³-hybridized carbons (Fsp3) is 0.500. The molecule has 2 rings (SSSR count). The van der Waals surface area contributed by atoms with Gasteiger partial charge in [0.05, 0.1) is 21.1 Å². The minimum atomic E-state index is -0.453. The van der Waals surface area contributed by atoms with Crippen LogP contribution in [0.1, 0.15) is 26.7 Å². The summed E-state index contributed by atoms with van der Waals surface area (Å²) in [4.78, 5) is 24.7. The summed E-state index contributed by atoms with van der Waals surface area (Å²) in [6.07, 6.45) is 1.67. The maximum atomic E-state index is 12.5. The van der Waals surface area contributed by atoms with Gasteiger partial charge in [0, 0.05) is 18.7 Å². The van der Waals surface area contributed by atoms with Gasteiger partial charge in [-0.2, -0.15) is 0 Å². The number of piperidine rings is 1. The average Bonchev–Trinajstić information content (AvgIpc) is 2.41. The van der Waals surface area contributed by atoms with Gasteiger partial charge in [-0.1, -0.05) is 13.8 Å². The number of halogens is 1. The van der Waals surface area contributed by atoms with Crippen molar-refractivity contribution in [1.29, 1.82) is 0 Å². The van der Waals surface area contributed by atoms with Crippen molar-refractivity contribution in [1.82, 2.24) is 5.32 Å². The number of nitro benzene ring substituents is 1. The minimum Gasteiger partial charge on any atom is -0.311 e. The number of carbonyl (C=O) groups is 1. The van der Waals surface area contributed by atoms with Crippen LogP contribution in [0.4, 0.5) is 11.4 Å². The van der Waals surface area contributed by atoms with Gasteiger partial charge in [0.25, 0.3) is 5.69 Å². The summed E-state index contributed by atoms with van der Waals surface area (Å²) in [7, 11) is 0. The van der Waals surface area contributed by atoms with Crippen LogP contribution in [0, 0.1) is 10.1 Å². The van der Waals surface area contributed by atoms with Crippen LogP contribution in [-0.2, 0) is 4.79 Å². The molecule has 6 nitrogen and oxygen atoms in total. The molecule has 21 heavy (non-hydrogen) atoms. The molecule has 1 aliphatic rings. The topological polar surface area (TPSA) is 75.5 Å². The van der Waals surface area contributed by atoms with Crippen molar-refractivity contribution in [2.45, 2.75) is 38.8 Å². The lowest BCUT2D eigenvalue weighted by Gasteiger charge is -2.33. The highest BCUT2D eigenvalue weighted by Crippen LogP contribution is 2.31. The molecule has 1 heterocycles. The Hall–Kier alpha value is -1.47. The molecular weight excluding hydrogens is 338 g/mol. The molecule has 0 aromatic heterocycles. The van der Waals surface area contributed by atoms with Crippen LogP contribution in [0.3, 0.4) is 0 Å². The molecule has 0 bridgehead atoms. The van der Waals surface area contributed by atoms with Gasteiger partial charge < -0.3 is 10.2 Å². The maximum Gasteiger partial charge on any atom is 0.285 e. The quantitative estimate of drug-likeness (QED) is 0.665. The van der Waals surface area contributed by atoms with E-state index in [0.29, 0.717) is 16.7 Å². The Morgan fingerprint density at radius 1 is 1.48 bits per heavy atom. The van der Waals surface area contributed by atoms with E-state index in [1.807, 2.05) is 13.8 Å². The van der Waals surface area contributed by atoms with Gasteiger partial charge in [0.15, 0.2) is 0 Å². The zero-order valence-electron chi connectivity index (χ0n) is 12.0. The molecule has 1 aromatic carbocycles. The van der Waals surface area contributed by atoms with E-state index in [2.05, 4.69) is 21.2 Å². The summed E-state index contributed by atoms with van der Waals surface area (Å²) in [5.74, 6) is -0.0217. The van der Waals surface area contributed by atoms with E-state index in [1.54, 1.807) is 17.0 Å². The smallest absolute Gasteiger partial charge is 0.285 e. The van der Waals surface area contributed by atoms with Gasteiger partial charge in [0.2, 0.25) is 5.91 Å². The molecule has 0 spiro atoms. The normalized spacial score (nSPS) is 19.1. The SMILES string of the molecule is CC(C)NC1CCCN(c2ccc(Br)c([N+](=O)[O-])c2)C1=O. The van der Waals surface area contributed by atoms with Crippen molar-refractivity contribution >= 4 is 33.2 Å². The summed E-state index contributed by atoms with van der Waals surface area (Å²) >= 11 is 3.16. The molecule has 0 aliphatic carbocycles. The number of anilines is 1. The highest BCUT2D eigenvalue weighted by atomic mass is 79.9. The molecule has 1 amide bonds. The van der Waals surface area contributed by atoms with Gasteiger partial charge in [-0.25, -0.2) is 0 Å². The van der Waals surface area contributed by atoms with E-state index in [4.69, 9.17) is 0 Å². The summed E-state index contributed by atoms with van der Waals surface area (Å²) in [6.45, 7) is 4.58. The Balaban J connectivity index is 2.26. The van der Waals surface area contributed by atoms with Crippen LogP contribution in [0.25, 0.3) is 0 Å². The molecule has 1 N–H and O–H groups in total. The van der Waals surface area contributed by atoms with E-state index >= 15 is 0 Å². The summed E-state index contributed by atoms with van der Waals surface area (Å²) in [6, 6.07) is 4.78. The molecule has 1 aliphatic heterocycles. The third-order valence-corrected chi connectivity index (χ3v) is 4.08. The molecule has 0 saturated carbocycles. The van der Waals surface area contributed by atoms with E-state index in [0.717, 1.165) is 12.8 Å². The fourth-order valence-corrected chi connectivity index (χ4v) is 2.89. The standard InChI is InChI=1S/C14H18BrN3O3/c1-9(2)16-12-4-3-7-17(14(12)19)10-5-6-11(15)13(8-10)18(20)21/h5-6,8-9,12,16H,3-4,7H2,1-2H3. The second-order valence-corrected chi connectivity index (χ2v) is 6.25. The lowest BCUT2D eigenvalue weighted by atomic mass is 10.0. The number of hydrogen-bond donors (Lipinski definition) is 1. The Kier molecular flexibility index (Phi) is 4.95. The third kappa shape index (κ3) is 3.59. The van der Waals surface area contributed by atoms with Crippen LogP contribution in [0.2, 0.25) is 0 Å². The molecule has 1 aromatic rings.